The van der Waals surface area contributed by atoms with E-state index < -0.39 is 21.4 Å². The highest BCUT2D eigenvalue weighted by Gasteiger charge is 2.46. The second-order valence-corrected chi connectivity index (χ2v) is 6.02. The van der Waals surface area contributed by atoms with Crippen LogP contribution in [0.4, 0.5) is 13.2 Å². The molecule has 1 amide bonds. The van der Waals surface area contributed by atoms with Crippen LogP contribution < -0.4 is 4.72 Å². The molecule has 114 valence electrons. The fourth-order valence-corrected chi connectivity index (χ4v) is 2.02. The minimum atomic E-state index is -5.55. The molecule has 0 saturated heterocycles. The first-order chi connectivity index (χ1) is 8.70. The van der Waals surface area contributed by atoms with E-state index in [9.17, 15) is 26.4 Å². The highest BCUT2D eigenvalue weighted by atomic mass is 32.2. The van der Waals surface area contributed by atoms with Gasteiger partial charge in [0.2, 0.25) is 5.91 Å². The molecule has 0 heterocycles. The van der Waals surface area contributed by atoms with Gasteiger partial charge in [-0.05, 0) is 6.42 Å². The molecule has 0 aliphatic carbocycles. The van der Waals surface area contributed by atoms with E-state index in [1.54, 1.807) is 0 Å². The molecule has 0 radical (unpaired) electrons. The average Bonchev–Trinajstić information content (AvgIpc) is 2.25. The number of carbonyl (C=O) groups excluding carboxylic acids is 1. The minimum Gasteiger partial charge on any atom is -0.274 e. The fourth-order valence-electron chi connectivity index (χ4n) is 1.50. The van der Waals surface area contributed by atoms with Crippen molar-refractivity contribution in [2.24, 2.45) is 0 Å². The Labute approximate surface area is 111 Å². The van der Waals surface area contributed by atoms with E-state index in [4.69, 9.17) is 0 Å². The molecule has 0 aromatic rings. The van der Waals surface area contributed by atoms with Gasteiger partial charge in [-0.2, -0.15) is 21.6 Å². The predicted molar refractivity (Wildman–Crippen MR) is 65.7 cm³/mol. The zero-order chi connectivity index (χ0) is 14.9. The van der Waals surface area contributed by atoms with Crippen LogP contribution in [0.3, 0.4) is 0 Å². The average molecular weight is 303 g/mol. The van der Waals surface area contributed by atoms with Crippen molar-refractivity contribution in [1.29, 1.82) is 0 Å². The third-order valence-electron chi connectivity index (χ3n) is 2.56. The molecule has 0 aliphatic rings. The van der Waals surface area contributed by atoms with Gasteiger partial charge in [0.1, 0.15) is 0 Å². The van der Waals surface area contributed by atoms with Crippen LogP contribution in [0.15, 0.2) is 0 Å². The molecular weight excluding hydrogens is 283 g/mol. The Bertz CT molecular complexity index is 366. The normalized spacial score (nSPS) is 12.4. The fraction of sp³-hybridized carbons (Fsp3) is 0.909. The van der Waals surface area contributed by atoms with Crippen LogP contribution in [-0.2, 0) is 14.8 Å². The van der Waals surface area contributed by atoms with Gasteiger partial charge in [-0.15, -0.1) is 0 Å². The highest BCUT2D eigenvalue weighted by Crippen LogP contribution is 2.21. The molecule has 0 spiro atoms. The molecule has 19 heavy (non-hydrogen) atoms. The van der Waals surface area contributed by atoms with Crippen molar-refractivity contribution in [3.05, 3.63) is 0 Å². The van der Waals surface area contributed by atoms with Crippen LogP contribution in [0.2, 0.25) is 0 Å². The van der Waals surface area contributed by atoms with E-state index in [0.29, 0.717) is 12.8 Å². The molecule has 0 atom stereocenters. The lowest BCUT2D eigenvalue weighted by atomic mass is 10.1. The summed E-state index contributed by atoms with van der Waals surface area (Å²) in [6, 6.07) is 0. The number of unbranched alkanes of at least 4 members (excludes halogenated alkanes) is 6. The van der Waals surface area contributed by atoms with Crippen molar-refractivity contribution in [3.63, 3.8) is 0 Å². The first-order valence-corrected chi connectivity index (χ1v) is 7.81. The van der Waals surface area contributed by atoms with Gasteiger partial charge in [0, 0.05) is 6.42 Å². The second-order valence-electron chi connectivity index (χ2n) is 4.35. The number of amides is 1. The molecule has 1 N–H and O–H groups in total. The Morgan fingerprint density at radius 2 is 1.47 bits per heavy atom. The van der Waals surface area contributed by atoms with Crippen molar-refractivity contribution in [2.75, 3.05) is 0 Å². The maximum atomic E-state index is 12.0. The van der Waals surface area contributed by atoms with Gasteiger partial charge in [-0.1, -0.05) is 45.4 Å². The first-order valence-electron chi connectivity index (χ1n) is 6.32. The number of halogens is 3. The molecule has 0 rings (SSSR count). The van der Waals surface area contributed by atoms with E-state index in [1.165, 1.54) is 0 Å². The van der Waals surface area contributed by atoms with Gasteiger partial charge in [-0.25, -0.2) is 4.72 Å². The monoisotopic (exact) mass is 303 g/mol. The standard InChI is InChI=1S/C11H20F3NO3S/c1-2-3-4-5-6-7-8-9-10(16)15-19(17,18)11(12,13)14/h2-9H2,1H3,(H,15,16). The lowest BCUT2D eigenvalue weighted by Gasteiger charge is -2.09. The van der Waals surface area contributed by atoms with Gasteiger partial charge in [0.05, 0.1) is 0 Å². The van der Waals surface area contributed by atoms with Gasteiger partial charge < -0.3 is 0 Å². The summed E-state index contributed by atoms with van der Waals surface area (Å²) in [5.41, 5.74) is -5.44. The van der Waals surface area contributed by atoms with Crippen molar-refractivity contribution >= 4 is 15.9 Å². The van der Waals surface area contributed by atoms with Crippen molar-refractivity contribution < 1.29 is 26.4 Å². The minimum absolute atomic E-state index is 0.205. The Hall–Kier alpha value is -0.790. The summed E-state index contributed by atoms with van der Waals surface area (Å²) in [5, 5.41) is 0. The Balaban J connectivity index is 3.78. The summed E-state index contributed by atoms with van der Waals surface area (Å²) in [6.07, 6.45) is 6.19. The molecule has 8 heteroatoms. The first kappa shape index (κ1) is 18.2. The Morgan fingerprint density at radius 3 is 1.95 bits per heavy atom. The summed E-state index contributed by atoms with van der Waals surface area (Å²) < 4.78 is 58.1. The molecule has 0 fully saturated rings. The van der Waals surface area contributed by atoms with Crippen molar-refractivity contribution in [1.82, 2.24) is 4.72 Å². The third kappa shape index (κ3) is 8.07. The van der Waals surface area contributed by atoms with Crippen molar-refractivity contribution in [2.45, 2.75) is 63.8 Å². The number of hydrogen-bond acceptors (Lipinski definition) is 3. The summed E-state index contributed by atoms with van der Waals surface area (Å²) in [6.45, 7) is 2.09. The van der Waals surface area contributed by atoms with E-state index in [0.717, 1.165) is 36.8 Å². The largest absolute Gasteiger partial charge is 0.516 e. The summed E-state index contributed by atoms with van der Waals surface area (Å²) >= 11 is 0. The molecule has 0 unspecified atom stereocenters. The van der Waals surface area contributed by atoms with Gasteiger partial charge in [0.15, 0.2) is 0 Å². The Morgan fingerprint density at radius 1 is 1.00 bits per heavy atom. The van der Waals surface area contributed by atoms with Gasteiger partial charge in [0.25, 0.3) is 0 Å². The SMILES string of the molecule is CCCCCCCCCC(=O)NS(=O)(=O)C(F)(F)F. The molecule has 0 bridgehead atoms. The van der Waals surface area contributed by atoms with Crippen LogP contribution in [0.1, 0.15) is 58.3 Å². The summed E-state index contributed by atoms with van der Waals surface area (Å²) in [7, 11) is -5.55. The van der Waals surface area contributed by atoms with Crippen LogP contribution in [0.5, 0.6) is 0 Å². The molecular formula is C11H20F3NO3S. The molecule has 0 aromatic carbocycles. The van der Waals surface area contributed by atoms with E-state index in [2.05, 4.69) is 6.92 Å². The number of hydrogen-bond donors (Lipinski definition) is 1. The number of alkyl halides is 3. The zero-order valence-corrected chi connectivity index (χ0v) is 11.7. The van der Waals surface area contributed by atoms with Crippen LogP contribution in [0, 0.1) is 0 Å². The second kappa shape index (κ2) is 8.39. The van der Waals surface area contributed by atoms with Gasteiger partial charge >= 0.3 is 15.5 Å². The van der Waals surface area contributed by atoms with Crippen molar-refractivity contribution in [3.8, 4) is 0 Å². The maximum absolute atomic E-state index is 12.0. The third-order valence-corrected chi connectivity index (χ3v) is 3.67. The summed E-state index contributed by atoms with van der Waals surface area (Å²) in [5.74, 6) is -1.11. The summed E-state index contributed by atoms with van der Waals surface area (Å²) in [4.78, 5) is 11.1. The van der Waals surface area contributed by atoms with Crippen LogP contribution in [-0.4, -0.2) is 19.8 Å². The quantitative estimate of drug-likeness (QED) is 0.666. The number of carbonyl (C=O) groups is 1. The maximum Gasteiger partial charge on any atom is 0.516 e. The molecule has 0 aliphatic heterocycles. The Kier molecular flexibility index (Phi) is 8.05. The van der Waals surface area contributed by atoms with Crippen LogP contribution in [0.25, 0.3) is 0 Å². The smallest absolute Gasteiger partial charge is 0.274 e. The number of nitrogens with one attached hydrogen (secondary N) is 1. The molecule has 4 nitrogen and oxygen atoms in total. The number of rotatable bonds is 9. The highest BCUT2D eigenvalue weighted by molar-refractivity contribution is 7.90. The molecule has 0 saturated carbocycles. The molecule has 0 aromatic heterocycles. The zero-order valence-electron chi connectivity index (χ0n) is 10.9. The number of sulfonamides is 1. The van der Waals surface area contributed by atoms with Gasteiger partial charge in [-0.3, -0.25) is 4.79 Å². The topological polar surface area (TPSA) is 63.2 Å². The van der Waals surface area contributed by atoms with E-state index in [-0.39, 0.29) is 6.42 Å². The lowest BCUT2D eigenvalue weighted by Crippen LogP contribution is -2.40. The van der Waals surface area contributed by atoms with E-state index in [1.807, 2.05) is 0 Å². The van der Waals surface area contributed by atoms with E-state index >= 15 is 0 Å². The van der Waals surface area contributed by atoms with Crippen LogP contribution >= 0.6 is 0 Å². The lowest BCUT2D eigenvalue weighted by molar-refractivity contribution is -0.120. The predicted octanol–water partition coefficient (Wildman–Crippen LogP) is 3.09.